The second-order valence-corrected chi connectivity index (χ2v) is 9.38. The topological polar surface area (TPSA) is 37.3 Å². The van der Waals surface area contributed by atoms with Crippen LogP contribution in [0.2, 0.25) is 0 Å². The molecule has 0 aromatic heterocycles. The molecule has 1 spiro atoms. The predicted molar refractivity (Wildman–Crippen MR) is 87.3 cm³/mol. The van der Waals surface area contributed by atoms with E-state index in [1.54, 1.807) is 0 Å². The van der Waals surface area contributed by atoms with Crippen LogP contribution in [0.4, 0.5) is 0 Å². The molecule has 5 unspecified atom stereocenters. The van der Waals surface area contributed by atoms with Gasteiger partial charge >= 0.3 is 0 Å². The summed E-state index contributed by atoms with van der Waals surface area (Å²) in [5.74, 6) is 2.38. The van der Waals surface area contributed by atoms with Crippen LogP contribution in [0, 0.1) is 34.0 Å². The Bertz CT molecular complexity index is 546. The first kappa shape index (κ1) is 14.9. The summed E-state index contributed by atoms with van der Waals surface area (Å²) in [6.07, 6.45) is 10.6. The first-order valence-electron chi connectivity index (χ1n) is 9.19. The SMILES string of the molecule is CC1(C)C(=O)CCC2(C)C3CCC4CC3(C=C4CO)CCC12. The van der Waals surface area contributed by atoms with Gasteiger partial charge in [0.15, 0.2) is 0 Å². The Hall–Kier alpha value is -0.630. The molecule has 0 amide bonds. The smallest absolute Gasteiger partial charge is 0.138 e. The Labute approximate surface area is 134 Å². The second-order valence-electron chi connectivity index (χ2n) is 9.38. The molecular formula is C20H30O2. The van der Waals surface area contributed by atoms with Crippen LogP contribution in [0.3, 0.4) is 0 Å². The number of hydrogen-bond donors (Lipinski definition) is 1. The highest BCUT2D eigenvalue weighted by molar-refractivity contribution is 5.85. The van der Waals surface area contributed by atoms with Gasteiger partial charge in [0.1, 0.15) is 5.78 Å². The maximum atomic E-state index is 12.5. The fourth-order valence-electron chi connectivity index (χ4n) is 7.25. The van der Waals surface area contributed by atoms with Crippen LogP contribution in [0.25, 0.3) is 0 Å². The van der Waals surface area contributed by atoms with Gasteiger partial charge < -0.3 is 5.11 Å². The summed E-state index contributed by atoms with van der Waals surface area (Å²) in [5.41, 5.74) is 1.81. The number of allylic oxidation sites excluding steroid dienone is 1. The lowest BCUT2D eigenvalue weighted by Gasteiger charge is -2.63. The van der Waals surface area contributed by atoms with Crippen molar-refractivity contribution in [2.45, 2.75) is 65.7 Å². The van der Waals surface area contributed by atoms with Gasteiger partial charge in [-0.3, -0.25) is 4.79 Å². The fourth-order valence-corrected chi connectivity index (χ4v) is 7.25. The van der Waals surface area contributed by atoms with Gasteiger partial charge in [0.05, 0.1) is 6.61 Å². The summed E-state index contributed by atoms with van der Waals surface area (Å²) in [5, 5.41) is 9.70. The van der Waals surface area contributed by atoms with Gasteiger partial charge in [0.2, 0.25) is 0 Å². The highest BCUT2D eigenvalue weighted by Crippen LogP contribution is 2.70. The third-order valence-electron chi connectivity index (χ3n) is 8.28. The zero-order chi connectivity index (χ0) is 15.8. The van der Waals surface area contributed by atoms with Crippen LogP contribution in [0.15, 0.2) is 11.6 Å². The highest BCUT2D eigenvalue weighted by Gasteiger charge is 2.63. The third kappa shape index (κ3) is 1.68. The van der Waals surface area contributed by atoms with E-state index in [2.05, 4.69) is 26.8 Å². The van der Waals surface area contributed by atoms with Crippen LogP contribution in [0.5, 0.6) is 0 Å². The van der Waals surface area contributed by atoms with Crippen molar-refractivity contribution in [2.24, 2.45) is 34.0 Å². The van der Waals surface area contributed by atoms with Crippen molar-refractivity contribution in [1.82, 2.24) is 0 Å². The molecule has 0 saturated heterocycles. The second kappa shape index (κ2) is 4.47. The van der Waals surface area contributed by atoms with Crippen LogP contribution in [0.1, 0.15) is 65.7 Å². The lowest BCUT2D eigenvalue weighted by Crippen LogP contribution is -2.58. The first-order chi connectivity index (χ1) is 10.3. The van der Waals surface area contributed by atoms with E-state index >= 15 is 0 Å². The van der Waals surface area contributed by atoms with E-state index in [9.17, 15) is 9.90 Å². The number of carbonyl (C=O) groups is 1. The number of rotatable bonds is 1. The summed E-state index contributed by atoms with van der Waals surface area (Å²) in [6, 6.07) is 0. The van der Waals surface area contributed by atoms with Gasteiger partial charge in [-0.1, -0.05) is 26.8 Å². The van der Waals surface area contributed by atoms with Crippen LogP contribution >= 0.6 is 0 Å². The molecule has 0 aliphatic heterocycles. The number of fused-ring (bicyclic) bond motifs is 3. The van der Waals surface area contributed by atoms with E-state index in [0.29, 0.717) is 34.4 Å². The molecule has 22 heavy (non-hydrogen) atoms. The van der Waals surface area contributed by atoms with E-state index in [4.69, 9.17) is 0 Å². The van der Waals surface area contributed by atoms with Crippen LogP contribution < -0.4 is 0 Å². The van der Waals surface area contributed by atoms with Crippen molar-refractivity contribution < 1.29 is 9.90 Å². The van der Waals surface area contributed by atoms with Crippen molar-refractivity contribution in [2.75, 3.05) is 6.61 Å². The van der Waals surface area contributed by atoms with E-state index in [-0.39, 0.29) is 12.0 Å². The largest absolute Gasteiger partial charge is 0.392 e. The zero-order valence-corrected chi connectivity index (χ0v) is 14.3. The number of aliphatic hydroxyl groups excluding tert-OH is 1. The van der Waals surface area contributed by atoms with Crippen LogP contribution in [-0.2, 0) is 4.79 Å². The molecule has 2 heteroatoms. The minimum Gasteiger partial charge on any atom is -0.392 e. The summed E-state index contributed by atoms with van der Waals surface area (Å²) < 4.78 is 0. The molecule has 3 fully saturated rings. The number of aliphatic hydroxyl groups is 1. The molecule has 0 heterocycles. The van der Waals surface area contributed by atoms with Gasteiger partial charge in [-0.25, -0.2) is 0 Å². The molecule has 0 aromatic rings. The number of Topliss-reactive ketones (excluding diaryl/α,β-unsaturated/α-hetero) is 1. The van der Waals surface area contributed by atoms with E-state index in [1.165, 1.54) is 37.7 Å². The van der Waals surface area contributed by atoms with Gasteiger partial charge in [-0.05, 0) is 72.7 Å². The number of ketones is 1. The van der Waals surface area contributed by atoms with E-state index in [1.807, 2.05) is 0 Å². The Morgan fingerprint density at radius 2 is 1.91 bits per heavy atom. The summed E-state index contributed by atoms with van der Waals surface area (Å²) in [7, 11) is 0. The first-order valence-corrected chi connectivity index (χ1v) is 9.19. The third-order valence-corrected chi connectivity index (χ3v) is 8.28. The lowest BCUT2D eigenvalue weighted by molar-refractivity contribution is -0.160. The molecule has 0 aromatic carbocycles. The van der Waals surface area contributed by atoms with Crippen LogP contribution in [-0.4, -0.2) is 17.5 Å². The predicted octanol–water partition coefficient (Wildman–Crippen LogP) is 4.13. The summed E-state index contributed by atoms with van der Waals surface area (Å²) in [4.78, 5) is 12.5. The fraction of sp³-hybridized carbons (Fsp3) is 0.850. The van der Waals surface area contributed by atoms with Gasteiger partial charge in [0, 0.05) is 11.8 Å². The standard InChI is InChI=1S/C20H30O2/c1-18(2)15-6-9-20-10-13(14(11-20)12-21)4-5-16(20)19(15,3)8-7-17(18)22/h11,13,15-16,21H,4-10,12H2,1-3H3. The van der Waals surface area contributed by atoms with Gasteiger partial charge in [-0.15, -0.1) is 0 Å². The monoisotopic (exact) mass is 302 g/mol. The summed E-state index contributed by atoms with van der Waals surface area (Å²) in [6.45, 7) is 7.14. The van der Waals surface area contributed by atoms with Gasteiger partial charge in [0.25, 0.3) is 0 Å². The maximum absolute atomic E-state index is 12.5. The Morgan fingerprint density at radius 1 is 1.14 bits per heavy atom. The highest BCUT2D eigenvalue weighted by atomic mass is 16.3. The molecule has 2 nitrogen and oxygen atoms in total. The molecule has 3 saturated carbocycles. The van der Waals surface area contributed by atoms with Crippen molar-refractivity contribution in [3.05, 3.63) is 11.6 Å². The Morgan fingerprint density at radius 3 is 2.64 bits per heavy atom. The molecule has 2 bridgehead atoms. The average Bonchev–Trinajstić information content (AvgIpc) is 2.74. The molecule has 122 valence electrons. The van der Waals surface area contributed by atoms with Crippen molar-refractivity contribution >= 4 is 5.78 Å². The normalized spacial score (nSPS) is 49.4. The van der Waals surface area contributed by atoms with Crippen molar-refractivity contribution in [1.29, 1.82) is 0 Å². The molecule has 1 N–H and O–H groups in total. The Kier molecular flexibility index (Phi) is 3.03. The van der Waals surface area contributed by atoms with E-state index in [0.717, 1.165) is 12.8 Å². The molecular weight excluding hydrogens is 272 g/mol. The van der Waals surface area contributed by atoms with E-state index < -0.39 is 0 Å². The molecule has 0 radical (unpaired) electrons. The maximum Gasteiger partial charge on any atom is 0.138 e. The minimum atomic E-state index is -0.145. The number of carbonyl (C=O) groups excluding carboxylic acids is 1. The molecule has 4 aliphatic carbocycles. The molecule has 4 aliphatic rings. The molecule has 4 rings (SSSR count). The van der Waals surface area contributed by atoms with Crippen molar-refractivity contribution in [3.63, 3.8) is 0 Å². The van der Waals surface area contributed by atoms with Crippen molar-refractivity contribution in [3.8, 4) is 0 Å². The molecule has 5 atom stereocenters. The zero-order valence-electron chi connectivity index (χ0n) is 14.3. The average molecular weight is 302 g/mol. The quantitative estimate of drug-likeness (QED) is 0.740. The Balaban J connectivity index is 1.76. The van der Waals surface area contributed by atoms with Gasteiger partial charge in [-0.2, -0.15) is 0 Å². The lowest BCUT2D eigenvalue weighted by atomic mass is 9.41. The number of hydrogen-bond acceptors (Lipinski definition) is 2. The minimum absolute atomic E-state index is 0.145. The summed E-state index contributed by atoms with van der Waals surface area (Å²) >= 11 is 0.